The highest BCUT2D eigenvalue weighted by molar-refractivity contribution is 6.30. The Morgan fingerprint density at radius 1 is 1.12 bits per heavy atom. The average Bonchev–Trinajstić information content (AvgIpc) is 2.63. The molecule has 1 saturated heterocycles. The van der Waals surface area contributed by atoms with Gasteiger partial charge in [-0.3, -0.25) is 9.69 Å². The van der Waals surface area contributed by atoms with Gasteiger partial charge in [0.1, 0.15) is 11.6 Å². The molecule has 132 valence electrons. The normalized spacial score (nSPS) is 15.2. The topological polar surface area (TPSA) is 48.5 Å². The number of anilines is 1. The molecule has 0 radical (unpaired) electrons. The van der Waals surface area contributed by atoms with Crippen molar-refractivity contribution in [3.8, 4) is 0 Å². The van der Waals surface area contributed by atoms with E-state index in [0.717, 1.165) is 38.5 Å². The first-order chi connectivity index (χ1) is 12.1. The van der Waals surface area contributed by atoms with Gasteiger partial charge in [0, 0.05) is 51.0 Å². The maximum atomic E-state index is 12.9. The van der Waals surface area contributed by atoms with E-state index in [1.165, 1.54) is 24.3 Å². The third-order valence-corrected chi connectivity index (χ3v) is 4.45. The number of nitrogens with zero attached hydrogens (tertiary/aromatic N) is 3. The molecule has 2 aromatic rings. The van der Waals surface area contributed by atoms with Gasteiger partial charge in [0.2, 0.25) is 0 Å². The van der Waals surface area contributed by atoms with Gasteiger partial charge in [-0.25, -0.2) is 9.37 Å². The van der Waals surface area contributed by atoms with E-state index in [1.807, 2.05) is 12.1 Å². The van der Waals surface area contributed by atoms with Gasteiger partial charge in [0.15, 0.2) is 0 Å². The van der Waals surface area contributed by atoms with E-state index in [4.69, 9.17) is 11.6 Å². The first-order valence-corrected chi connectivity index (χ1v) is 8.62. The van der Waals surface area contributed by atoms with Crippen molar-refractivity contribution in [2.24, 2.45) is 0 Å². The van der Waals surface area contributed by atoms with Gasteiger partial charge in [0.05, 0.1) is 5.02 Å². The summed E-state index contributed by atoms with van der Waals surface area (Å²) in [6.45, 7) is 4.96. The SMILES string of the molecule is O=C(NCCN1CCN(c2ccc(Cl)cn2)CC1)c1ccc(F)cc1. The fraction of sp³-hybridized carbons (Fsp3) is 0.333. The van der Waals surface area contributed by atoms with Crippen LogP contribution in [0.5, 0.6) is 0 Å². The highest BCUT2D eigenvalue weighted by atomic mass is 35.5. The zero-order valence-electron chi connectivity index (χ0n) is 13.8. The number of hydrogen-bond acceptors (Lipinski definition) is 4. The minimum Gasteiger partial charge on any atom is -0.354 e. The fourth-order valence-corrected chi connectivity index (χ4v) is 2.90. The number of carbonyl (C=O) groups is 1. The third-order valence-electron chi connectivity index (χ3n) is 4.23. The number of carbonyl (C=O) groups excluding carboxylic acids is 1. The molecular formula is C18H20ClFN4O. The summed E-state index contributed by atoms with van der Waals surface area (Å²) in [4.78, 5) is 20.9. The molecule has 0 saturated carbocycles. The molecule has 25 heavy (non-hydrogen) atoms. The highest BCUT2D eigenvalue weighted by Crippen LogP contribution is 2.15. The Hall–Kier alpha value is -2.18. The Labute approximate surface area is 151 Å². The van der Waals surface area contributed by atoms with Crippen LogP contribution in [0.1, 0.15) is 10.4 Å². The summed E-state index contributed by atoms with van der Waals surface area (Å²) in [7, 11) is 0. The minimum absolute atomic E-state index is 0.177. The molecule has 7 heteroatoms. The van der Waals surface area contributed by atoms with Crippen molar-refractivity contribution in [3.63, 3.8) is 0 Å². The van der Waals surface area contributed by atoms with Crippen molar-refractivity contribution in [1.82, 2.24) is 15.2 Å². The quantitative estimate of drug-likeness (QED) is 0.887. The number of benzene rings is 1. The number of nitrogens with one attached hydrogen (secondary N) is 1. The standard InChI is InChI=1S/C18H20ClFN4O/c19-15-3-6-17(22-13-15)24-11-9-23(10-12-24)8-7-21-18(25)14-1-4-16(20)5-2-14/h1-6,13H,7-12H2,(H,21,25). The molecular weight excluding hydrogens is 343 g/mol. The van der Waals surface area contributed by atoms with E-state index in [0.29, 0.717) is 17.1 Å². The summed E-state index contributed by atoms with van der Waals surface area (Å²) in [5.74, 6) is 0.419. The molecule has 1 aromatic heterocycles. The summed E-state index contributed by atoms with van der Waals surface area (Å²) in [6.07, 6.45) is 1.66. The number of amides is 1. The minimum atomic E-state index is -0.343. The number of pyridine rings is 1. The molecule has 5 nitrogen and oxygen atoms in total. The van der Waals surface area contributed by atoms with Crippen LogP contribution in [0.25, 0.3) is 0 Å². The van der Waals surface area contributed by atoms with Crippen molar-refractivity contribution in [1.29, 1.82) is 0 Å². The molecule has 0 aliphatic carbocycles. The van der Waals surface area contributed by atoms with Crippen LogP contribution >= 0.6 is 11.6 Å². The van der Waals surface area contributed by atoms with Gasteiger partial charge in [-0.05, 0) is 36.4 Å². The monoisotopic (exact) mass is 362 g/mol. The lowest BCUT2D eigenvalue weighted by Gasteiger charge is -2.35. The number of halogens is 2. The number of hydrogen-bond donors (Lipinski definition) is 1. The second-order valence-electron chi connectivity index (χ2n) is 5.93. The van der Waals surface area contributed by atoms with E-state index >= 15 is 0 Å². The zero-order chi connectivity index (χ0) is 17.6. The van der Waals surface area contributed by atoms with Crippen LogP contribution in [0.4, 0.5) is 10.2 Å². The lowest BCUT2D eigenvalue weighted by molar-refractivity contribution is 0.0947. The Balaban J connectivity index is 1.40. The molecule has 1 aliphatic heterocycles. The van der Waals surface area contributed by atoms with Crippen LogP contribution in [0, 0.1) is 5.82 Å². The predicted molar refractivity (Wildman–Crippen MR) is 96.6 cm³/mol. The Morgan fingerprint density at radius 2 is 1.84 bits per heavy atom. The van der Waals surface area contributed by atoms with Gasteiger partial charge in [-0.2, -0.15) is 0 Å². The summed E-state index contributed by atoms with van der Waals surface area (Å²) < 4.78 is 12.9. The molecule has 1 aromatic carbocycles. The van der Waals surface area contributed by atoms with Gasteiger partial charge in [-0.1, -0.05) is 11.6 Å². The maximum Gasteiger partial charge on any atom is 0.251 e. The van der Waals surface area contributed by atoms with Gasteiger partial charge >= 0.3 is 0 Å². The summed E-state index contributed by atoms with van der Waals surface area (Å²) in [6, 6.07) is 9.34. The Morgan fingerprint density at radius 3 is 2.48 bits per heavy atom. The molecule has 0 spiro atoms. The lowest BCUT2D eigenvalue weighted by Crippen LogP contribution is -2.48. The summed E-state index contributed by atoms with van der Waals surface area (Å²) in [5, 5.41) is 3.51. The summed E-state index contributed by atoms with van der Waals surface area (Å²) in [5.41, 5.74) is 0.472. The Bertz CT molecular complexity index is 700. The number of rotatable bonds is 5. The van der Waals surface area contributed by atoms with Crippen molar-refractivity contribution in [2.75, 3.05) is 44.2 Å². The van der Waals surface area contributed by atoms with Crippen molar-refractivity contribution in [3.05, 3.63) is 59.0 Å². The van der Waals surface area contributed by atoms with Crippen molar-refractivity contribution in [2.45, 2.75) is 0 Å². The molecule has 3 rings (SSSR count). The molecule has 0 atom stereocenters. The number of piperazine rings is 1. The third kappa shape index (κ3) is 4.90. The smallest absolute Gasteiger partial charge is 0.251 e. The molecule has 0 bridgehead atoms. The maximum absolute atomic E-state index is 12.9. The van der Waals surface area contributed by atoms with E-state index in [-0.39, 0.29) is 11.7 Å². The highest BCUT2D eigenvalue weighted by Gasteiger charge is 2.17. The predicted octanol–water partition coefficient (Wildman–Crippen LogP) is 2.43. The van der Waals surface area contributed by atoms with Crippen LogP contribution in [0.15, 0.2) is 42.6 Å². The Kier molecular flexibility index (Phi) is 5.83. The van der Waals surface area contributed by atoms with Crippen LogP contribution in [0.3, 0.4) is 0 Å². The van der Waals surface area contributed by atoms with Crippen molar-refractivity contribution < 1.29 is 9.18 Å². The van der Waals surface area contributed by atoms with Crippen LogP contribution < -0.4 is 10.2 Å². The largest absolute Gasteiger partial charge is 0.354 e. The number of aromatic nitrogens is 1. The van der Waals surface area contributed by atoms with Gasteiger partial charge in [0.25, 0.3) is 5.91 Å². The fourth-order valence-electron chi connectivity index (χ4n) is 2.79. The van der Waals surface area contributed by atoms with Gasteiger partial charge in [-0.15, -0.1) is 0 Å². The lowest BCUT2D eigenvalue weighted by atomic mass is 10.2. The summed E-state index contributed by atoms with van der Waals surface area (Å²) >= 11 is 5.87. The molecule has 1 fully saturated rings. The van der Waals surface area contributed by atoms with Crippen LogP contribution in [-0.4, -0.2) is 55.1 Å². The zero-order valence-corrected chi connectivity index (χ0v) is 14.5. The second kappa shape index (κ2) is 8.27. The second-order valence-corrected chi connectivity index (χ2v) is 6.36. The van der Waals surface area contributed by atoms with Crippen LogP contribution in [-0.2, 0) is 0 Å². The molecule has 2 heterocycles. The van der Waals surface area contributed by atoms with Gasteiger partial charge < -0.3 is 10.2 Å². The first kappa shape index (κ1) is 17.6. The van der Waals surface area contributed by atoms with E-state index in [9.17, 15) is 9.18 Å². The van der Waals surface area contributed by atoms with Crippen LogP contribution in [0.2, 0.25) is 5.02 Å². The van der Waals surface area contributed by atoms with E-state index < -0.39 is 0 Å². The average molecular weight is 363 g/mol. The molecule has 1 N–H and O–H groups in total. The van der Waals surface area contributed by atoms with E-state index in [1.54, 1.807) is 6.20 Å². The van der Waals surface area contributed by atoms with Crippen molar-refractivity contribution >= 4 is 23.3 Å². The molecule has 1 aliphatic rings. The molecule has 0 unspecified atom stereocenters. The first-order valence-electron chi connectivity index (χ1n) is 8.24. The molecule has 1 amide bonds. The van der Waals surface area contributed by atoms with E-state index in [2.05, 4.69) is 20.1 Å².